The van der Waals surface area contributed by atoms with Crippen LogP contribution in [0.2, 0.25) is 0 Å². The molecule has 0 aromatic rings. The minimum absolute atomic E-state index is 0.139. The summed E-state index contributed by atoms with van der Waals surface area (Å²) in [6, 6.07) is 0. The van der Waals surface area contributed by atoms with Gasteiger partial charge in [-0.05, 0) is 53.0 Å². The monoisotopic (exact) mass is 314 g/mol. The van der Waals surface area contributed by atoms with Crippen molar-refractivity contribution in [2.75, 3.05) is 33.3 Å². The zero-order valence-corrected chi connectivity index (χ0v) is 14.5. The number of ether oxygens (including phenoxy) is 2. The molecule has 0 aliphatic carbocycles. The Bertz CT molecular complexity index is 382. The summed E-state index contributed by atoms with van der Waals surface area (Å²) in [5.74, 6) is -0.163. The van der Waals surface area contributed by atoms with Gasteiger partial charge in [-0.2, -0.15) is 0 Å². The van der Waals surface area contributed by atoms with Crippen molar-refractivity contribution in [2.45, 2.75) is 52.6 Å². The van der Waals surface area contributed by atoms with Crippen molar-refractivity contribution in [3.05, 3.63) is 0 Å². The quantitative estimate of drug-likeness (QED) is 0.788. The van der Waals surface area contributed by atoms with E-state index < -0.39 is 5.60 Å². The molecule has 0 aromatic carbocycles. The van der Waals surface area contributed by atoms with Gasteiger partial charge in [0.25, 0.3) is 0 Å². The largest absolute Gasteiger partial charge is 0.466 e. The van der Waals surface area contributed by atoms with Crippen molar-refractivity contribution < 1.29 is 19.1 Å². The van der Waals surface area contributed by atoms with Gasteiger partial charge in [-0.15, -0.1) is 0 Å². The van der Waals surface area contributed by atoms with Crippen LogP contribution in [-0.2, 0) is 14.3 Å². The van der Waals surface area contributed by atoms with Crippen LogP contribution >= 0.6 is 0 Å². The van der Waals surface area contributed by atoms with Crippen molar-refractivity contribution in [1.82, 2.24) is 10.2 Å². The van der Waals surface area contributed by atoms with Crippen LogP contribution in [0.4, 0.5) is 4.79 Å². The first-order valence-corrected chi connectivity index (χ1v) is 7.99. The number of piperidine rings is 1. The minimum atomic E-state index is -0.485. The Labute approximate surface area is 133 Å². The summed E-state index contributed by atoms with van der Waals surface area (Å²) >= 11 is 0. The van der Waals surface area contributed by atoms with Crippen LogP contribution in [0, 0.1) is 5.41 Å². The van der Waals surface area contributed by atoms with Gasteiger partial charge in [0.15, 0.2) is 0 Å². The van der Waals surface area contributed by atoms with Crippen molar-refractivity contribution >= 4 is 12.1 Å². The molecule has 1 heterocycles. The number of hydrogen-bond donors (Lipinski definition) is 1. The molecule has 1 aliphatic rings. The minimum Gasteiger partial charge on any atom is -0.466 e. The first-order chi connectivity index (χ1) is 10.2. The highest BCUT2D eigenvalue weighted by atomic mass is 16.6. The first kappa shape index (κ1) is 18.7. The van der Waals surface area contributed by atoms with Crippen LogP contribution in [0.3, 0.4) is 0 Å². The van der Waals surface area contributed by atoms with Gasteiger partial charge in [-0.3, -0.25) is 4.79 Å². The Morgan fingerprint density at radius 2 is 1.82 bits per heavy atom. The van der Waals surface area contributed by atoms with Crippen LogP contribution < -0.4 is 5.32 Å². The molecule has 0 bridgehead atoms. The lowest BCUT2D eigenvalue weighted by Crippen LogP contribution is -2.48. The highest BCUT2D eigenvalue weighted by molar-refractivity contribution is 5.71. The summed E-state index contributed by atoms with van der Waals surface area (Å²) in [6.07, 6.45) is 1.66. The molecule has 22 heavy (non-hydrogen) atoms. The van der Waals surface area contributed by atoms with E-state index >= 15 is 0 Å². The number of rotatable bonds is 5. The fourth-order valence-electron chi connectivity index (χ4n) is 2.80. The lowest BCUT2D eigenvalue weighted by molar-refractivity contribution is -0.146. The molecule has 1 fully saturated rings. The van der Waals surface area contributed by atoms with Crippen molar-refractivity contribution in [1.29, 1.82) is 0 Å². The van der Waals surface area contributed by atoms with E-state index in [1.165, 1.54) is 0 Å². The molecule has 128 valence electrons. The molecular weight excluding hydrogens is 284 g/mol. The van der Waals surface area contributed by atoms with Gasteiger partial charge in [0, 0.05) is 19.6 Å². The second-order valence-electron chi connectivity index (χ2n) is 6.98. The van der Waals surface area contributed by atoms with Crippen LogP contribution in [0.25, 0.3) is 0 Å². The summed E-state index contributed by atoms with van der Waals surface area (Å²) in [5.41, 5.74) is -0.624. The van der Waals surface area contributed by atoms with E-state index in [1.54, 1.807) is 4.90 Å². The average Bonchev–Trinajstić information content (AvgIpc) is 2.37. The highest BCUT2D eigenvalue weighted by Crippen LogP contribution is 2.35. The number of amides is 1. The van der Waals surface area contributed by atoms with Gasteiger partial charge in [-0.25, -0.2) is 4.79 Å². The first-order valence-electron chi connectivity index (χ1n) is 7.99. The van der Waals surface area contributed by atoms with E-state index in [0.717, 1.165) is 19.4 Å². The van der Waals surface area contributed by atoms with Gasteiger partial charge in [0.2, 0.25) is 0 Å². The predicted molar refractivity (Wildman–Crippen MR) is 84.7 cm³/mol. The maximum atomic E-state index is 12.1. The summed E-state index contributed by atoms with van der Waals surface area (Å²) in [6.45, 7) is 9.76. The summed E-state index contributed by atoms with van der Waals surface area (Å²) < 4.78 is 10.5. The summed E-state index contributed by atoms with van der Waals surface area (Å²) in [5, 5.41) is 3.17. The number of nitrogens with one attached hydrogen (secondary N) is 1. The van der Waals surface area contributed by atoms with Gasteiger partial charge in [0.1, 0.15) is 5.60 Å². The van der Waals surface area contributed by atoms with Crippen molar-refractivity contribution in [3.63, 3.8) is 0 Å². The number of carbonyl (C=O) groups is 2. The molecule has 6 nitrogen and oxygen atoms in total. The van der Waals surface area contributed by atoms with Gasteiger partial charge < -0.3 is 19.7 Å². The Balaban J connectivity index is 2.61. The Morgan fingerprint density at radius 3 is 2.27 bits per heavy atom. The number of hydrogen-bond acceptors (Lipinski definition) is 5. The molecule has 1 rings (SSSR count). The fraction of sp³-hybridized carbons (Fsp3) is 0.875. The SMILES string of the molecule is CCOC(=O)CC1(CNC)CCN(C(=O)OC(C)(C)C)CC1. The topological polar surface area (TPSA) is 67.9 Å². The zero-order chi connectivity index (χ0) is 16.8. The standard InChI is InChI=1S/C16H30N2O4/c1-6-21-13(19)11-16(12-17-5)7-9-18(10-8-16)14(20)22-15(2,3)4/h17H,6-12H2,1-5H3. The Morgan fingerprint density at radius 1 is 1.23 bits per heavy atom. The average molecular weight is 314 g/mol. The number of likely N-dealkylation sites (tertiary alicyclic amines) is 1. The van der Waals surface area contributed by atoms with Crippen LogP contribution in [0.1, 0.15) is 47.0 Å². The maximum Gasteiger partial charge on any atom is 0.410 e. The van der Waals surface area contributed by atoms with Crippen LogP contribution in [0.5, 0.6) is 0 Å². The van der Waals surface area contributed by atoms with E-state index in [2.05, 4.69) is 5.32 Å². The molecule has 1 N–H and O–H groups in total. The third kappa shape index (κ3) is 5.83. The molecule has 1 amide bonds. The maximum absolute atomic E-state index is 12.1. The van der Waals surface area contributed by atoms with E-state index in [1.807, 2.05) is 34.7 Å². The normalized spacial score (nSPS) is 18.0. The molecule has 0 spiro atoms. The van der Waals surface area contributed by atoms with Gasteiger partial charge >= 0.3 is 12.1 Å². The van der Waals surface area contributed by atoms with E-state index in [0.29, 0.717) is 26.1 Å². The van der Waals surface area contributed by atoms with E-state index in [-0.39, 0.29) is 17.5 Å². The van der Waals surface area contributed by atoms with Crippen LogP contribution in [-0.4, -0.2) is 55.9 Å². The fourth-order valence-corrected chi connectivity index (χ4v) is 2.80. The Hall–Kier alpha value is -1.30. The van der Waals surface area contributed by atoms with Crippen molar-refractivity contribution in [3.8, 4) is 0 Å². The predicted octanol–water partition coefficient (Wildman–Crippen LogP) is 2.18. The zero-order valence-electron chi connectivity index (χ0n) is 14.5. The Kier molecular flexibility index (Phi) is 6.66. The molecule has 1 aliphatic heterocycles. The molecule has 1 saturated heterocycles. The molecule has 0 aromatic heterocycles. The number of nitrogens with zero attached hydrogens (tertiary/aromatic N) is 1. The second-order valence-corrected chi connectivity index (χ2v) is 6.98. The van der Waals surface area contributed by atoms with Gasteiger partial charge in [-0.1, -0.05) is 0 Å². The van der Waals surface area contributed by atoms with Gasteiger partial charge in [0.05, 0.1) is 13.0 Å². The summed E-state index contributed by atoms with van der Waals surface area (Å²) in [7, 11) is 1.88. The molecule has 0 saturated carbocycles. The van der Waals surface area contributed by atoms with E-state index in [4.69, 9.17) is 9.47 Å². The molecule has 0 radical (unpaired) electrons. The third-order valence-electron chi connectivity index (χ3n) is 3.85. The molecular formula is C16H30N2O4. The molecule has 6 heteroatoms. The highest BCUT2D eigenvalue weighted by Gasteiger charge is 2.38. The smallest absolute Gasteiger partial charge is 0.410 e. The molecule has 0 atom stereocenters. The van der Waals surface area contributed by atoms with E-state index in [9.17, 15) is 9.59 Å². The number of carbonyl (C=O) groups excluding carboxylic acids is 2. The lowest BCUT2D eigenvalue weighted by atomic mass is 9.75. The van der Waals surface area contributed by atoms with Crippen LogP contribution in [0.15, 0.2) is 0 Å². The summed E-state index contributed by atoms with van der Waals surface area (Å²) in [4.78, 5) is 25.7. The van der Waals surface area contributed by atoms with Crippen molar-refractivity contribution in [2.24, 2.45) is 5.41 Å². The number of esters is 1. The second kappa shape index (κ2) is 7.81. The molecule has 0 unspecified atom stereocenters. The third-order valence-corrected chi connectivity index (χ3v) is 3.85. The lowest BCUT2D eigenvalue weighted by Gasteiger charge is -2.41.